The smallest absolute Gasteiger partial charge is 0.0790 e. The highest BCUT2D eigenvalue weighted by Crippen LogP contribution is 2.24. The maximum atomic E-state index is 5.58. The van der Waals surface area contributed by atoms with Gasteiger partial charge in [-0.05, 0) is 66.0 Å². The summed E-state index contributed by atoms with van der Waals surface area (Å²) in [5.74, 6) is 0. The minimum Gasteiger partial charge on any atom is -0.330 e. The van der Waals surface area contributed by atoms with Crippen LogP contribution in [0.3, 0.4) is 0 Å². The van der Waals surface area contributed by atoms with E-state index in [-0.39, 0.29) is 0 Å². The molecule has 0 saturated carbocycles. The molecule has 1 aromatic carbocycles. The van der Waals surface area contributed by atoms with Crippen molar-refractivity contribution in [1.82, 2.24) is 9.78 Å². The lowest BCUT2D eigenvalue weighted by atomic mass is 10.2. The summed E-state index contributed by atoms with van der Waals surface area (Å²) in [6, 6.07) is 6.26. The second kappa shape index (κ2) is 5.02. The lowest BCUT2D eigenvalue weighted by Gasteiger charge is -2.08. The predicted octanol–water partition coefficient (Wildman–Crippen LogP) is 2.75. The Kier molecular flexibility index (Phi) is 3.64. The van der Waals surface area contributed by atoms with Crippen molar-refractivity contribution < 1.29 is 0 Å². The Labute approximate surface area is 110 Å². The van der Waals surface area contributed by atoms with Crippen molar-refractivity contribution in [2.45, 2.75) is 20.3 Å². The van der Waals surface area contributed by atoms with Gasteiger partial charge in [-0.25, -0.2) is 4.68 Å². The average molecular weight is 294 g/mol. The van der Waals surface area contributed by atoms with Crippen molar-refractivity contribution in [2.24, 2.45) is 5.73 Å². The highest BCUT2D eigenvalue weighted by molar-refractivity contribution is 9.10. The molecular formula is C13H16BrN3. The number of rotatable bonds is 3. The number of nitrogens with zero attached hydrogens (tertiary/aromatic N) is 2. The molecule has 0 aliphatic rings. The minimum atomic E-state index is 0.654. The Hall–Kier alpha value is -1.13. The van der Waals surface area contributed by atoms with Gasteiger partial charge in [0.25, 0.3) is 0 Å². The van der Waals surface area contributed by atoms with Gasteiger partial charge in [0.15, 0.2) is 0 Å². The molecule has 1 aromatic heterocycles. The number of aryl methyl sites for hydroxylation is 1. The van der Waals surface area contributed by atoms with E-state index in [1.54, 1.807) is 0 Å². The van der Waals surface area contributed by atoms with Gasteiger partial charge in [-0.1, -0.05) is 6.07 Å². The largest absolute Gasteiger partial charge is 0.330 e. The summed E-state index contributed by atoms with van der Waals surface area (Å²) < 4.78 is 3.01. The Morgan fingerprint density at radius 1 is 1.35 bits per heavy atom. The molecule has 0 amide bonds. The molecule has 4 heteroatoms. The van der Waals surface area contributed by atoms with Gasteiger partial charge in [-0.15, -0.1) is 0 Å². The van der Waals surface area contributed by atoms with Gasteiger partial charge in [-0.2, -0.15) is 5.10 Å². The molecule has 3 nitrogen and oxygen atoms in total. The first-order chi connectivity index (χ1) is 8.13. The van der Waals surface area contributed by atoms with Crippen LogP contribution >= 0.6 is 15.9 Å². The number of nitrogens with two attached hydrogens (primary N) is 1. The Morgan fingerprint density at radius 3 is 2.76 bits per heavy atom. The van der Waals surface area contributed by atoms with Gasteiger partial charge in [0, 0.05) is 10.2 Å². The summed E-state index contributed by atoms with van der Waals surface area (Å²) in [6.07, 6.45) is 2.77. The molecule has 0 saturated heterocycles. The fourth-order valence-corrected chi connectivity index (χ4v) is 2.53. The molecule has 2 rings (SSSR count). The Morgan fingerprint density at radius 2 is 2.12 bits per heavy atom. The average Bonchev–Trinajstić information content (AvgIpc) is 2.62. The Bertz CT molecular complexity index is 531. The van der Waals surface area contributed by atoms with Crippen molar-refractivity contribution in [3.05, 3.63) is 45.7 Å². The molecule has 2 aromatic rings. The van der Waals surface area contributed by atoms with Crippen molar-refractivity contribution in [1.29, 1.82) is 0 Å². The highest BCUT2D eigenvalue weighted by Gasteiger charge is 2.09. The van der Waals surface area contributed by atoms with E-state index < -0.39 is 0 Å². The van der Waals surface area contributed by atoms with Crippen molar-refractivity contribution in [3.8, 4) is 5.69 Å². The van der Waals surface area contributed by atoms with Gasteiger partial charge >= 0.3 is 0 Å². The molecule has 0 atom stereocenters. The first-order valence-electron chi connectivity index (χ1n) is 5.63. The van der Waals surface area contributed by atoms with Gasteiger partial charge < -0.3 is 5.73 Å². The maximum Gasteiger partial charge on any atom is 0.0790 e. The highest BCUT2D eigenvalue weighted by atomic mass is 79.9. The Balaban J connectivity index is 2.46. The van der Waals surface area contributed by atoms with E-state index in [2.05, 4.69) is 53.1 Å². The topological polar surface area (TPSA) is 43.8 Å². The first kappa shape index (κ1) is 12.3. The molecule has 17 heavy (non-hydrogen) atoms. The van der Waals surface area contributed by atoms with Crippen LogP contribution in [0.25, 0.3) is 5.69 Å². The molecule has 0 spiro atoms. The van der Waals surface area contributed by atoms with Crippen LogP contribution in [0.4, 0.5) is 0 Å². The monoisotopic (exact) mass is 293 g/mol. The summed E-state index contributed by atoms with van der Waals surface area (Å²) in [4.78, 5) is 0. The van der Waals surface area contributed by atoms with Crippen LogP contribution in [-0.2, 0) is 6.42 Å². The summed E-state index contributed by atoms with van der Waals surface area (Å²) >= 11 is 3.58. The zero-order valence-electron chi connectivity index (χ0n) is 10.1. The zero-order chi connectivity index (χ0) is 12.4. The fraction of sp³-hybridized carbons (Fsp3) is 0.308. The van der Waals surface area contributed by atoms with Crippen LogP contribution in [0.2, 0.25) is 0 Å². The van der Waals surface area contributed by atoms with E-state index in [0.717, 1.165) is 22.3 Å². The zero-order valence-corrected chi connectivity index (χ0v) is 11.7. The van der Waals surface area contributed by atoms with Crippen LogP contribution in [0.5, 0.6) is 0 Å². The van der Waals surface area contributed by atoms with E-state index in [1.807, 2.05) is 10.9 Å². The molecule has 0 bridgehead atoms. The second-order valence-corrected chi connectivity index (χ2v) is 5.01. The number of halogens is 1. The van der Waals surface area contributed by atoms with Crippen molar-refractivity contribution >= 4 is 15.9 Å². The molecule has 0 radical (unpaired) electrons. The molecule has 2 N–H and O–H groups in total. The van der Waals surface area contributed by atoms with Crippen molar-refractivity contribution in [3.63, 3.8) is 0 Å². The molecule has 0 aliphatic carbocycles. The molecule has 0 fully saturated rings. The molecular weight excluding hydrogens is 278 g/mol. The molecule has 1 heterocycles. The summed E-state index contributed by atoms with van der Waals surface area (Å²) in [5, 5.41) is 4.43. The molecule has 90 valence electrons. The minimum absolute atomic E-state index is 0.654. The third-order valence-electron chi connectivity index (χ3n) is 2.86. The maximum absolute atomic E-state index is 5.58. The van der Waals surface area contributed by atoms with E-state index in [0.29, 0.717) is 6.54 Å². The number of hydrogen-bond donors (Lipinski definition) is 1. The van der Waals surface area contributed by atoms with Gasteiger partial charge in [0.05, 0.1) is 11.9 Å². The van der Waals surface area contributed by atoms with Crippen LogP contribution in [0.15, 0.2) is 28.9 Å². The third-order valence-corrected chi connectivity index (χ3v) is 3.49. The standard InChI is InChI=1S/C13H16BrN3/c1-9-3-4-13(12(14)7-9)17-10(2)11(5-6-15)8-16-17/h3-4,7-8H,5-6,15H2,1-2H3. The van der Waals surface area contributed by atoms with Gasteiger partial charge in [0.2, 0.25) is 0 Å². The van der Waals surface area contributed by atoms with E-state index in [1.165, 1.54) is 11.1 Å². The summed E-state index contributed by atoms with van der Waals surface area (Å²) in [5.41, 5.74) is 10.2. The number of aromatic nitrogens is 2. The number of hydrogen-bond acceptors (Lipinski definition) is 2. The van der Waals surface area contributed by atoms with Gasteiger partial charge in [0.1, 0.15) is 0 Å². The van der Waals surface area contributed by atoms with Crippen LogP contribution in [0, 0.1) is 13.8 Å². The third kappa shape index (κ3) is 2.42. The fourth-order valence-electron chi connectivity index (χ4n) is 1.87. The second-order valence-electron chi connectivity index (χ2n) is 4.16. The molecule has 0 aliphatic heterocycles. The van der Waals surface area contributed by atoms with Gasteiger partial charge in [-0.3, -0.25) is 0 Å². The lowest BCUT2D eigenvalue weighted by molar-refractivity contribution is 0.837. The van der Waals surface area contributed by atoms with Crippen LogP contribution in [-0.4, -0.2) is 16.3 Å². The van der Waals surface area contributed by atoms with Crippen molar-refractivity contribution in [2.75, 3.05) is 6.54 Å². The summed E-state index contributed by atoms with van der Waals surface area (Å²) in [7, 11) is 0. The summed E-state index contributed by atoms with van der Waals surface area (Å²) in [6.45, 7) is 4.80. The predicted molar refractivity (Wildman–Crippen MR) is 73.5 cm³/mol. The normalized spacial score (nSPS) is 10.8. The quantitative estimate of drug-likeness (QED) is 0.946. The first-order valence-corrected chi connectivity index (χ1v) is 6.43. The molecule has 0 unspecified atom stereocenters. The van der Waals surface area contributed by atoms with E-state index in [9.17, 15) is 0 Å². The van der Waals surface area contributed by atoms with E-state index >= 15 is 0 Å². The lowest BCUT2D eigenvalue weighted by Crippen LogP contribution is -2.05. The number of benzene rings is 1. The SMILES string of the molecule is Cc1ccc(-n2ncc(CCN)c2C)c(Br)c1. The van der Waals surface area contributed by atoms with E-state index in [4.69, 9.17) is 5.73 Å². The van der Waals surface area contributed by atoms with Crippen LogP contribution < -0.4 is 5.73 Å². The van der Waals surface area contributed by atoms with Crippen LogP contribution in [0.1, 0.15) is 16.8 Å².